The summed E-state index contributed by atoms with van der Waals surface area (Å²) in [4.78, 5) is 17.8. The van der Waals surface area contributed by atoms with Crippen LogP contribution in [0.3, 0.4) is 0 Å². The average Bonchev–Trinajstić information content (AvgIpc) is 3.48. The van der Waals surface area contributed by atoms with E-state index in [9.17, 15) is 4.79 Å². The van der Waals surface area contributed by atoms with Crippen molar-refractivity contribution < 1.29 is 18.8 Å². The number of hydrogen-bond donors (Lipinski definition) is 1. The molecule has 2 aromatic carbocycles. The van der Waals surface area contributed by atoms with Gasteiger partial charge in [0.15, 0.2) is 11.5 Å². The highest BCUT2D eigenvalue weighted by Gasteiger charge is 2.20. The molecular formula is C20H12ClN3O4S. The van der Waals surface area contributed by atoms with Crippen LogP contribution in [0.4, 0.5) is 5.69 Å². The normalized spacial score (nSPS) is 12.2. The van der Waals surface area contributed by atoms with Crippen molar-refractivity contribution in [1.29, 1.82) is 0 Å². The Kier molecular flexibility index (Phi) is 4.42. The number of carbonyl (C=O) groups excluding carboxylic acids is 1. The molecule has 1 aliphatic heterocycles. The van der Waals surface area contributed by atoms with Crippen molar-refractivity contribution in [3.05, 3.63) is 64.5 Å². The van der Waals surface area contributed by atoms with Gasteiger partial charge in [0.1, 0.15) is 4.88 Å². The van der Waals surface area contributed by atoms with Crippen LogP contribution in [-0.2, 0) is 0 Å². The fourth-order valence-corrected chi connectivity index (χ4v) is 3.73. The molecular weight excluding hydrogens is 414 g/mol. The second-order valence-corrected chi connectivity index (χ2v) is 7.47. The maximum Gasteiger partial charge on any atom is 0.270 e. The zero-order valence-electron chi connectivity index (χ0n) is 14.7. The molecule has 4 aromatic rings. The first-order chi connectivity index (χ1) is 14.2. The number of nitrogens with one attached hydrogen (secondary N) is 1. The van der Waals surface area contributed by atoms with E-state index in [1.165, 1.54) is 11.3 Å². The van der Waals surface area contributed by atoms with Gasteiger partial charge in [0, 0.05) is 16.1 Å². The average molecular weight is 426 g/mol. The molecule has 0 aliphatic carbocycles. The Morgan fingerprint density at radius 1 is 1.07 bits per heavy atom. The van der Waals surface area contributed by atoms with Crippen LogP contribution >= 0.6 is 22.9 Å². The molecule has 0 unspecified atom stereocenters. The summed E-state index contributed by atoms with van der Waals surface area (Å²) in [5, 5.41) is 9.38. The molecule has 7 nitrogen and oxygen atoms in total. The van der Waals surface area contributed by atoms with E-state index in [1.807, 2.05) is 17.5 Å². The molecule has 0 bridgehead atoms. The van der Waals surface area contributed by atoms with Crippen molar-refractivity contribution in [2.45, 2.75) is 0 Å². The van der Waals surface area contributed by atoms with E-state index in [-0.39, 0.29) is 12.7 Å². The van der Waals surface area contributed by atoms with E-state index in [4.69, 9.17) is 25.6 Å². The van der Waals surface area contributed by atoms with Gasteiger partial charge in [-0.25, -0.2) is 0 Å². The lowest BCUT2D eigenvalue weighted by atomic mass is 10.2. The molecule has 2 aromatic heterocycles. The Morgan fingerprint density at radius 2 is 1.90 bits per heavy atom. The van der Waals surface area contributed by atoms with Crippen LogP contribution < -0.4 is 14.8 Å². The number of carbonyl (C=O) groups is 1. The molecule has 0 radical (unpaired) electrons. The summed E-state index contributed by atoms with van der Waals surface area (Å²) < 4.78 is 16.0. The Bertz CT molecular complexity index is 1200. The molecule has 1 aliphatic rings. The lowest BCUT2D eigenvalue weighted by Gasteiger charge is -2.05. The van der Waals surface area contributed by atoms with Gasteiger partial charge in [0.05, 0.1) is 5.69 Å². The number of anilines is 1. The fraction of sp³-hybridized carbons (Fsp3) is 0.0500. The third-order valence-corrected chi connectivity index (χ3v) is 5.43. The Labute approximate surface area is 173 Å². The van der Waals surface area contributed by atoms with Crippen LogP contribution in [0.25, 0.3) is 22.2 Å². The van der Waals surface area contributed by atoms with Crippen LogP contribution in [0.2, 0.25) is 5.02 Å². The van der Waals surface area contributed by atoms with E-state index < -0.39 is 0 Å². The van der Waals surface area contributed by atoms with Gasteiger partial charge in [-0.3, -0.25) is 4.79 Å². The summed E-state index contributed by atoms with van der Waals surface area (Å²) in [6.07, 6.45) is 0. The summed E-state index contributed by atoms with van der Waals surface area (Å²) in [7, 11) is 0. The molecule has 1 amide bonds. The van der Waals surface area contributed by atoms with Crippen LogP contribution in [0.15, 0.2) is 58.4 Å². The lowest BCUT2D eigenvalue weighted by Crippen LogP contribution is -2.11. The third-order valence-electron chi connectivity index (χ3n) is 4.27. The van der Waals surface area contributed by atoms with Gasteiger partial charge >= 0.3 is 0 Å². The second-order valence-electron chi connectivity index (χ2n) is 6.12. The van der Waals surface area contributed by atoms with E-state index in [0.29, 0.717) is 44.4 Å². The van der Waals surface area contributed by atoms with Gasteiger partial charge in [0.2, 0.25) is 12.6 Å². The van der Waals surface area contributed by atoms with Crippen LogP contribution in [0.1, 0.15) is 10.4 Å². The number of halogens is 1. The number of nitrogens with zero attached hydrogens (tertiary/aromatic N) is 2. The summed E-state index contributed by atoms with van der Waals surface area (Å²) in [6.45, 7) is 0.155. The van der Waals surface area contributed by atoms with Gasteiger partial charge in [-0.2, -0.15) is 4.98 Å². The number of benzene rings is 2. The van der Waals surface area contributed by atoms with Gasteiger partial charge in [-0.1, -0.05) is 16.8 Å². The highest BCUT2D eigenvalue weighted by Crippen LogP contribution is 2.35. The highest BCUT2D eigenvalue weighted by molar-refractivity contribution is 7.14. The summed E-state index contributed by atoms with van der Waals surface area (Å²) in [6, 6.07) is 14.0. The van der Waals surface area contributed by atoms with Crippen molar-refractivity contribution in [3.8, 4) is 33.7 Å². The monoisotopic (exact) mass is 425 g/mol. The van der Waals surface area contributed by atoms with Crippen molar-refractivity contribution in [1.82, 2.24) is 10.1 Å². The first-order valence-electron chi connectivity index (χ1n) is 8.56. The number of thiophene rings is 1. The van der Waals surface area contributed by atoms with Crippen molar-refractivity contribution in [3.63, 3.8) is 0 Å². The maximum absolute atomic E-state index is 12.7. The molecule has 0 atom stereocenters. The topological polar surface area (TPSA) is 86.5 Å². The van der Waals surface area contributed by atoms with Crippen LogP contribution in [0, 0.1) is 0 Å². The molecule has 3 heterocycles. The molecule has 0 saturated heterocycles. The van der Waals surface area contributed by atoms with Crippen molar-refractivity contribution in [2.75, 3.05) is 12.1 Å². The van der Waals surface area contributed by atoms with Gasteiger partial charge in [-0.05, 0) is 53.9 Å². The maximum atomic E-state index is 12.7. The molecule has 5 rings (SSSR count). The van der Waals surface area contributed by atoms with Crippen LogP contribution in [0.5, 0.6) is 11.5 Å². The van der Waals surface area contributed by atoms with Crippen molar-refractivity contribution >= 4 is 34.5 Å². The molecule has 0 saturated carbocycles. The molecule has 144 valence electrons. The standard InChI is InChI=1S/C20H12ClN3O4S/c21-13-4-1-11(2-5-13)18-23-20(28-24-18)17-14(7-8-29-17)22-19(25)12-3-6-15-16(9-12)27-10-26-15/h1-9H,10H2,(H,22,25). The fourth-order valence-electron chi connectivity index (χ4n) is 2.84. The van der Waals surface area contributed by atoms with Gasteiger partial charge < -0.3 is 19.3 Å². The summed E-state index contributed by atoms with van der Waals surface area (Å²) >= 11 is 7.31. The molecule has 9 heteroatoms. The number of hydrogen-bond acceptors (Lipinski definition) is 7. The zero-order valence-corrected chi connectivity index (χ0v) is 16.3. The third kappa shape index (κ3) is 3.43. The van der Waals surface area contributed by atoms with E-state index in [0.717, 1.165) is 5.56 Å². The SMILES string of the molecule is O=C(Nc1ccsc1-c1nc(-c2ccc(Cl)cc2)no1)c1ccc2c(c1)OCO2. The van der Waals surface area contributed by atoms with Crippen LogP contribution in [-0.4, -0.2) is 22.8 Å². The molecule has 1 N–H and O–H groups in total. The number of rotatable bonds is 4. The first-order valence-corrected chi connectivity index (χ1v) is 9.82. The number of aromatic nitrogens is 2. The minimum Gasteiger partial charge on any atom is -0.454 e. The first kappa shape index (κ1) is 17.7. The van der Waals surface area contributed by atoms with Crippen molar-refractivity contribution in [2.24, 2.45) is 0 Å². The predicted molar refractivity (Wildman–Crippen MR) is 109 cm³/mol. The predicted octanol–water partition coefficient (Wildman–Crippen LogP) is 5.10. The molecule has 0 fully saturated rings. The summed E-state index contributed by atoms with van der Waals surface area (Å²) in [5.41, 5.74) is 1.83. The van der Waals surface area contributed by atoms with E-state index >= 15 is 0 Å². The Morgan fingerprint density at radius 3 is 2.76 bits per heavy atom. The minimum absolute atomic E-state index is 0.155. The summed E-state index contributed by atoms with van der Waals surface area (Å²) in [5.74, 6) is 1.66. The Balaban J connectivity index is 1.39. The number of amides is 1. The largest absolute Gasteiger partial charge is 0.454 e. The van der Waals surface area contributed by atoms with E-state index in [1.54, 1.807) is 36.4 Å². The quantitative estimate of drug-likeness (QED) is 0.489. The Hall–Kier alpha value is -3.36. The lowest BCUT2D eigenvalue weighted by molar-refractivity contribution is 0.102. The molecule has 29 heavy (non-hydrogen) atoms. The number of ether oxygens (including phenoxy) is 2. The van der Waals surface area contributed by atoms with Gasteiger partial charge in [0.25, 0.3) is 11.8 Å². The van der Waals surface area contributed by atoms with Gasteiger partial charge in [-0.15, -0.1) is 11.3 Å². The highest BCUT2D eigenvalue weighted by atomic mass is 35.5. The second kappa shape index (κ2) is 7.23. The van der Waals surface area contributed by atoms with E-state index in [2.05, 4.69) is 15.5 Å². The zero-order chi connectivity index (χ0) is 19.8. The number of fused-ring (bicyclic) bond motifs is 1. The molecule has 0 spiro atoms. The minimum atomic E-state index is -0.277. The smallest absolute Gasteiger partial charge is 0.270 e.